The number of aromatic nitrogens is 2. The van der Waals surface area contributed by atoms with Crippen LogP contribution in [0, 0.1) is 5.41 Å². The molecule has 0 spiro atoms. The van der Waals surface area contributed by atoms with Crippen molar-refractivity contribution >= 4 is 11.6 Å². The normalized spacial score (nSPS) is 17.8. The van der Waals surface area contributed by atoms with Gasteiger partial charge in [0.1, 0.15) is 18.2 Å². The summed E-state index contributed by atoms with van der Waals surface area (Å²) in [4.78, 5) is 11.6. The highest BCUT2D eigenvalue weighted by Crippen LogP contribution is 2.31. The van der Waals surface area contributed by atoms with E-state index in [0.717, 1.165) is 37.1 Å². The summed E-state index contributed by atoms with van der Waals surface area (Å²) in [6.07, 6.45) is 2.49. The molecule has 2 heterocycles. The molecular weight excluding hydrogens is 264 g/mol. The molecule has 1 aromatic heterocycles. The number of anilines is 2. The molecule has 5 heteroatoms. The Balaban J connectivity index is 2.21. The quantitative estimate of drug-likeness (QED) is 0.873. The number of piperidine rings is 1. The molecule has 0 bridgehead atoms. The molecule has 0 unspecified atom stereocenters. The summed E-state index contributed by atoms with van der Waals surface area (Å²) in [5.41, 5.74) is 0.349. The first-order valence-electron chi connectivity index (χ1n) is 7.98. The maximum absolute atomic E-state index is 5.46. The lowest BCUT2D eigenvalue weighted by molar-refractivity contribution is 0.128. The lowest BCUT2D eigenvalue weighted by Crippen LogP contribution is -2.40. The van der Waals surface area contributed by atoms with Gasteiger partial charge in [0.2, 0.25) is 0 Å². The van der Waals surface area contributed by atoms with Crippen molar-refractivity contribution < 1.29 is 4.74 Å². The van der Waals surface area contributed by atoms with Crippen molar-refractivity contribution in [2.24, 2.45) is 5.41 Å². The van der Waals surface area contributed by atoms with Crippen LogP contribution in [0.2, 0.25) is 0 Å². The summed E-state index contributed by atoms with van der Waals surface area (Å²) >= 11 is 0. The van der Waals surface area contributed by atoms with Gasteiger partial charge < -0.3 is 15.0 Å². The van der Waals surface area contributed by atoms with E-state index in [-0.39, 0.29) is 0 Å². The van der Waals surface area contributed by atoms with Gasteiger partial charge >= 0.3 is 0 Å². The molecule has 2 rings (SSSR count). The smallest absolute Gasteiger partial charge is 0.158 e. The average Bonchev–Trinajstić information content (AvgIpc) is 2.44. The highest BCUT2D eigenvalue weighted by Gasteiger charge is 2.27. The molecule has 0 aromatic carbocycles. The fraction of sp³-hybridized carbons (Fsp3) is 0.750. The third-order valence-corrected chi connectivity index (χ3v) is 3.78. The Hall–Kier alpha value is -1.36. The first kappa shape index (κ1) is 16.0. The minimum absolute atomic E-state index is 0.349. The van der Waals surface area contributed by atoms with Crippen molar-refractivity contribution in [3.8, 4) is 0 Å². The van der Waals surface area contributed by atoms with Crippen LogP contribution in [0.5, 0.6) is 0 Å². The van der Waals surface area contributed by atoms with Gasteiger partial charge in [-0.3, -0.25) is 0 Å². The Bertz CT molecular complexity index is 462. The van der Waals surface area contributed by atoms with Crippen LogP contribution in [0.3, 0.4) is 0 Å². The van der Waals surface area contributed by atoms with E-state index >= 15 is 0 Å². The molecule has 1 fully saturated rings. The average molecular weight is 292 g/mol. The van der Waals surface area contributed by atoms with Crippen LogP contribution in [0.1, 0.15) is 46.4 Å². The lowest BCUT2D eigenvalue weighted by Gasteiger charge is -2.38. The monoisotopic (exact) mass is 292 g/mol. The fourth-order valence-electron chi connectivity index (χ4n) is 2.79. The fourth-order valence-corrected chi connectivity index (χ4v) is 2.79. The molecule has 1 aliphatic heterocycles. The van der Waals surface area contributed by atoms with E-state index in [2.05, 4.69) is 42.0 Å². The Morgan fingerprint density at radius 1 is 1.33 bits per heavy atom. The second kappa shape index (κ2) is 7.07. The third-order valence-electron chi connectivity index (χ3n) is 3.78. The van der Waals surface area contributed by atoms with E-state index in [1.54, 1.807) is 0 Å². The molecule has 5 nitrogen and oxygen atoms in total. The van der Waals surface area contributed by atoms with Crippen LogP contribution in [-0.2, 0) is 11.3 Å². The molecule has 0 amide bonds. The minimum Gasteiger partial charge on any atom is -0.374 e. The van der Waals surface area contributed by atoms with Crippen LogP contribution in [0.4, 0.5) is 11.6 Å². The number of nitrogens with zero attached hydrogens (tertiary/aromatic N) is 3. The maximum Gasteiger partial charge on any atom is 0.158 e. The van der Waals surface area contributed by atoms with Gasteiger partial charge in [-0.25, -0.2) is 9.97 Å². The Morgan fingerprint density at radius 3 is 2.81 bits per heavy atom. The van der Waals surface area contributed by atoms with Crippen molar-refractivity contribution in [2.75, 3.05) is 36.5 Å². The maximum atomic E-state index is 5.46. The summed E-state index contributed by atoms with van der Waals surface area (Å²) < 4.78 is 5.46. The highest BCUT2D eigenvalue weighted by molar-refractivity contribution is 5.50. The molecular formula is C16H28N4O. The first-order chi connectivity index (χ1) is 10.0. The van der Waals surface area contributed by atoms with Crippen molar-refractivity contribution in [2.45, 2.75) is 47.1 Å². The molecule has 0 saturated carbocycles. The van der Waals surface area contributed by atoms with Crippen molar-refractivity contribution in [1.82, 2.24) is 9.97 Å². The van der Waals surface area contributed by atoms with Gasteiger partial charge in [-0.05, 0) is 32.1 Å². The molecule has 1 saturated heterocycles. The van der Waals surface area contributed by atoms with Crippen molar-refractivity contribution in [3.05, 3.63) is 11.9 Å². The predicted octanol–water partition coefficient (Wildman–Crippen LogP) is 3.07. The largest absolute Gasteiger partial charge is 0.374 e. The first-order valence-corrected chi connectivity index (χ1v) is 7.98. The molecule has 1 N–H and O–H groups in total. The van der Waals surface area contributed by atoms with E-state index in [4.69, 9.17) is 9.72 Å². The van der Waals surface area contributed by atoms with Gasteiger partial charge in [-0.15, -0.1) is 0 Å². The second-order valence-corrected chi connectivity index (χ2v) is 6.38. The van der Waals surface area contributed by atoms with Crippen LogP contribution in [0.15, 0.2) is 6.07 Å². The third kappa shape index (κ3) is 4.56. The van der Waals surface area contributed by atoms with E-state index in [1.807, 2.05) is 6.92 Å². The molecule has 0 aliphatic carbocycles. The zero-order valence-corrected chi connectivity index (χ0v) is 13.8. The van der Waals surface area contributed by atoms with E-state index in [9.17, 15) is 0 Å². The summed E-state index contributed by atoms with van der Waals surface area (Å²) in [6, 6.07) is 2.06. The van der Waals surface area contributed by atoms with E-state index in [1.165, 1.54) is 12.8 Å². The number of ether oxygens (including phenoxy) is 1. The summed E-state index contributed by atoms with van der Waals surface area (Å²) in [5, 5.41) is 3.29. The van der Waals surface area contributed by atoms with Crippen molar-refractivity contribution in [3.63, 3.8) is 0 Å². The predicted molar refractivity (Wildman–Crippen MR) is 86.8 cm³/mol. The minimum atomic E-state index is 0.349. The zero-order valence-electron chi connectivity index (χ0n) is 13.8. The zero-order chi connectivity index (χ0) is 15.3. The van der Waals surface area contributed by atoms with Crippen LogP contribution < -0.4 is 10.2 Å². The second-order valence-electron chi connectivity index (χ2n) is 6.38. The van der Waals surface area contributed by atoms with E-state index in [0.29, 0.717) is 18.6 Å². The number of hydrogen-bond acceptors (Lipinski definition) is 5. The Morgan fingerprint density at radius 2 is 2.14 bits per heavy atom. The molecule has 0 radical (unpaired) electrons. The van der Waals surface area contributed by atoms with Gasteiger partial charge in [0.15, 0.2) is 5.82 Å². The Kier molecular flexibility index (Phi) is 5.39. The molecule has 21 heavy (non-hydrogen) atoms. The standard InChI is InChI=1S/C16H28N4O/c1-5-17-13-10-15(19-14(18-13)11-21-6-2)20-9-7-8-16(3,4)12-20/h10H,5-9,11-12H2,1-4H3,(H,17,18,19). The molecule has 1 aliphatic rings. The molecule has 1 aromatic rings. The Labute approximate surface area is 128 Å². The van der Waals surface area contributed by atoms with Gasteiger partial charge in [0.25, 0.3) is 0 Å². The number of hydrogen-bond donors (Lipinski definition) is 1. The van der Waals surface area contributed by atoms with Crippen LogP contribution in [-0.4, -0.2) is 36.2 Å². The number of rotatable bonds is 6. The molecule has 0 atom stereocenters. The topological polar surface area (TPSA) is 50.3 Å². The van der Waals surface area contributed by atoms with Crippen LogP contribution in [0.25, 0.3) is 0 Å². The van der Waals surface area contributed by atoms with Gasteiger partial charge in [0, 0.05) is 32.3 Å². The summed E-state index contributed by atoms with van der Waals surface area (Å²) in [6.45, 7) is 12.8. The van der Waals surface area contributed by atoms with Gasteiger partial charge in [-0.1, -0.05) is 13.8 Å². The lowest BCUT2D eigenvalue weighted by atomic mass is 9.84. The highest BCUT2D eigenvalue weighted by atomic mass is 16.5. The number of nitrogens with one attached hydrogen (secondary N) is 1. The van der Waals surface area contributed by atoms with Gasteiger partial charge in [0.05, 0.1) is 0 Å². The van der Waals surface area contributed by atoms with Crippen molar-refractivity contribution in [1.29, 1.82) is 0 Å². The SMILES string of the molecule is CCNc1cc(N2CCCC(C)(C)C2)nc(COCC)n1. The molecule has 118 valence electrons. The van der Waals surface area contributed by atoms with Gasteiger partial charge in [-0.2, -0.15) is 0 Å². The summed E-state index contributed by atoms with van der Waals surface area (Å²) in [7, 11) is 0. The van der Waals surface area contributed by atoms with E-state index < -0.39 is 0 Å². The summed E-state index contributed by atoms with van der Waals surface area (Å²) in [5.74, 6) is 2.66. The van der Waals surface area contributed by atoms with Crippen LogP contribution >= 0.6 is 0 Å².